The second-order valence-corrected chi connectivity index (χ2v) is 4.02. The number of aromatic nitrogens is 3. The van der Waals surface area contributed by atoms with Crippen molar-refractivity contribution in [1.82, 2.24) is 15.2 Å². The predicted molar refractivity (Wildman–Crippen MR) is 68.1 cm³/mol. The van der Waals surface area contributed by atoms with E-state index in [1.54, 1.807) is 0 Å². The van der Waals surface area contributed by atoms with Crippen molar-refractivity contribution < 1.29 is 13.5 Å². The predicted octanol–water partition coefficient (Wildman–Crippen LogP) is 2.03. The van der Waals surface area contributed by atoms with E-state index in [1.807, 2.05) is 0 Å². The quantitative estimate of drug-likeness (QED) is 0.883. The number of aromatic amines is 1. The van der Waals surface area contributed by atoms with Gasteiger partial charge in [-0.15, -0.1) is 0 Å². The molecular weight excluding hydrogens is 294 g/mol. The standard InChI is InChI=1S/C11H9ClF2N4O2/c12-9-8(5-17-18-10(9)19)16-3-6-1-2-7(4-15-6)20-11(13)14/h1-2,4-5,11H,3H2,(H2,16,18,19). The summed E-state index contributed by atoms with van der Waals surface area (Å²) < 4.78 is 28.1. The minimum Gasteiger partial charge on any atom is -0.433 e. The van der Waals surface area contributed by atoms with Crippen LogP contribution in [0, 0.1) is 0 Å². The molecular formula is C11H9ClF2N4O2. The van der Waals surface area contributed by atoms with Crippen molar-refractivity contribution in [3.63, 3.8) is 0 Å². The van der Waals surface area contributed by atoms with Crippen LogP contribution >= 0.6 is 11.6 Å². The van der Waals surface area contributed by atoms with Gasteiger partial charge in [0.2, 0.25) is 0 Å². The van der Waals surface area contributed by atoms with Crippen LogP contribution in [-0.2, 0) is 6.54 Å². The van der Waals surface area contributed by atoms with Gasteiger partial charge in [-0.3, -0.25) is 9.78 Å². The molecule has 0 amide bonds. The van der Waals surface area contributed by atoms with Crippen LogP contribution in [0.4, 0.5) is 14.5 Å². The average Bonchev–Trinajstić information content (AvgIpc) is 2.41. The average molecular weight is 303 g/mol. The van der Waals surface area contributed by atoms with E-state index in [9.17, 15) is 13.6 Å². The lowest BCUT2D eigenvalue weighted by molar-refractivity contribution is -0.0500. The molecule has 0 aliphatic carbocycles. The number of alkyl halides is 2. The first kappa shape index (κ1) is 14.2. The minimum absolute atomic E-state index is 0.0161. The number of ether oxygens (including phenoxy) is 1. The number of H-pyrrole nitrogens is 1. The zero-order chi connectivity index (χ0) is 14.5. The Labute approximate surface area is 116 Å². The van der Waals surface area contributed by atoms with Crippen LogP contribution in [0.5, 0.6) is 5.75 Å². The van der Waals surface area contributed by atoms with Crippen molar-refractivity contribution in [2.75, 3.05) is 5.32 Å². The van der Waals surface area contributed by atoms with Crippen molar-refractivity contribution in [3.8, 4) is 5.75 Å². The zero-order valence-electron chi connectivity index (χ0n) is 9.94. The summed E-state index contributed by atoms with van der Waals surface area (Å²) in [5, 5.41) is 8.63. The van der Waals surface area contributed by atoms with Gasteiger partial charge < -0.3 is 10.1 Å². The van der Waals surface area contributed by atoms with Gasteiger partial charge in [0.15, 0.2) is 0 Å². The minimum atomic E-state index is -2.89. The van der Waals surface area contributed by atoms with E-state index in [4.69, 9.17) is 11.6 Å². The molecule has 2 rings (SSSR count). The number of hydrogen-bond donors (Lipinski definition) is 2. The number of halogens is 3. The number of anilines is 1. The molecule has 2 N–H and O–H groups in total. The van der Waals surface area contributed by atoms with Gasteiger partial charge in [0.05, 0.1) is 30.3 Å². The highest BCUT2D eigenvalue weighted by Gasteiger charge is 2.06. The molecule has 0 atom stereocenters. The molecule has 0 saturated carbocycles. The molecule has 0 spiro atoms. The van der Waals surface area contributed by atoms with Crippen LogP contribution in [0.25, 0.3) is 0 Å². The molecule has 0 unspecified atom stereocenters. The monoisotopic (exact) mass is 302 g/mol. The van der Waals surface area contributed by atoms with Gasteiger partial charge in [-0.25, -0.2) is 5.10 Å². The van der Waals surface area contributed by atoms with Crippen molar-refractivity contribution >= 4 is 17.3 Å². The lowest BCUT2D eigenvalue weighted by Crippen LogP contribution is -2.12. The Kier molecular flexibility index (Phi) is 4.46. The van der Waals surface area contributed by atoms with Gasteiger partial charge in [0, 0.05) is 0 Å². The Morgan fingerprint density at radius 3 is 2.85 bits per heavy atom. The molecule has 0 radical (unpaired) electrons. The van der Waals surface area contributed by atoms with Gasteiger partial charge in [0.25, 0.3) is 5.56 Å². The Morgan fingerprint density at radius 1 is 1.40 bits per heavy atom. The number of nitrogens with zero attached hydrogens (tertiary/aromatic N) is 2. The summed E-state index contributed by atoms with van der Waals surface area (Å²) in [6.07, 6.45) is 2.54. The number of nitrogens with one attached hydrogen (secondary N) is 2. The summed E-state index contributed by atoms with van der Waals surface area (Å²) in [7, 11) is 0. The summed E-state index contributed by atoms with van der Waals surface area (Å²) in [6, 6.07) is 2.88. The van der Waals surface area contributed by atoms with Crippen molar-refractivity contribution in [2.45, 2.75) is 13.2 Å². The first-order valence-electron chi connectivity index (χ1n) is 5.43. The van der Waals surface area contributed by atoms with Crippen LogP contribution in [0.2, 0.25) is 5.02 Å². The van der Waals surface area contributed by atoms with Crippen LogP contribution in [0.1, 0.15) is 5.69 Å². The lowest BCUT2D eigenvalue weighted by Gasteiger charge is -2.07. The van der Waals surface area contributed by atoms with Crippen molar-refractivity contribution in [3.05, 3.63) is 45.6 Å². The molecule has 0 aromatic carbocycles. The van der Waals surface area contributed by atoms with E-state index in [-0.39, 0.29) is 17.3 Å². The second kappa shape index (κ2) is 6.29. The van der Waals surface area contributed by atoms with Crippen molar-refractivity contribution in [1.29, 1.82) is 0 Å². The summed E-state index contributed by atoms with van der Waals surface area (Å²) >= 11 is 5.77. The largest absolute Gasteiger partial charge is 0.433 e. The molecule has 0 fully saturated rings. The van der Waals surface area contributed by atoms with E-state index in [2.05, 4.69) is 25.2 Å². The Hall–Kier alpha value is -2.22. The van der Waals surface area contributed by atoms with E-state index in [0.29, 0.717) is 11.4 Å². The Morgan fingerprint density at radius 2 is 2.20 bits per heavy atom. The highest BCUT2D eigenvalue weighted by molar-refractivity contribution is 6.32. The highest BCUT2D eigenvalue weighted by Crippen LogP contribution is 2.16. The maximum Gasteiger partial charge on any atom is 0.387 e. The maximum atomic E-state index is 12.0. The summed E-state index contributed by atoms with van der Waals surface area (Å²) in [5.74, 6) is -0.0281. The third-order valence-corrected chi connectivity index (χ3v) is 2.65. The van der Waals surface area contributed by atoms with Gasteiger partial charge in [-0.1, -0.05) is 11.6 Å². The van der Waals surface area contributed by atoms with Gasteiger partial charge in [0.1, 0.15) is 10.8 Å². The van der Waals surface area contributed by atoms with E-state index in [1.165, 1.54) is 24.5 Å². The van der Waals surface area contributed by atoms with Gasteiger partial charge >= 0.3 is 6.61 Å². The van der Waals surface area contributed by atoms with Crippen LogP contribution in [0.3, 0.4) is 0 Å². The Bertz CT molecular complexity index is 633. The van der Waals surface area contributed by atoms with Crippen LogP contribution in [0.15, 0.2) is 29.3 Å². The molecule has 20 heavy (non-hydrogen) atoms. The van der Waals surface area contributed by atoms with Crippen LogP contribution < -0.4 is 15.6 Å². The third-order valence-electron chi connectivity index (χ3n) is 2.28. The summed E-state index contributed by atoms with van der Waals surface area (Å²) in [4.78, 5) is 15.1. The third kappa shape index (κ3) is 3.64. The van der Waals surface area contributed by atoms with Crippen molar-refractivity contribution in [2.24, 2.45) is 0 Å². The topological polar surface area (TPSA) is 79.9 Å². The number of rotatable bonds is 5. The van der Waals surface area contributed by atoms with E-state index in [0.717, 1.165) is 0 Å². The zero-order valence-corrected chi connectivity index (χ0v) is 10.7. The fraction of sp³-hybridized carbons (Fsp3) is 0.182. The molecule has 6 nitrogen and oxygen atoms in total. The molecule has 2 aromatic rings. The molecule has 0 saturated heterocycles. The molecule has 2 heterocycles. The van der Waals surface area contributed by atoms with Gasteiger partial charge in [-0.2, -0.15) is 13.9 Å². The van der Waals surface area contributed by atoms with Gasteiger partial charge in [-0.05, 0) is 12.1 Å². The molecule has 9 heteroatoms. The number of pyridine rings is 1. The number of hydrogen-bond acceptors (Lipinski definition) is 5. The molecule has 2 aromatic heterocycles. The first-order chi connectivity index (χ1) is 9.56. The highest BCUT2D eigenvalue weighted by atomic mass is 35.5. The second-order valence-electron chi connectivity index (χ2n) is 3.64. The molecule has 106 valence electrons. The molecule has 0 aliphatic rings. The summed E-state index contributed by atoms with van der Waals surface area (Å²) in [5.41, 5.74) is 0.401. The maximum absolute atomic E-state index is 12.0. The van der Waals surface area contributed by atoms with Crippen LogP contribution in [-0.4, -0.2) is 21.8 Å². The lowest BCUT2D eigenvalue weighted by atomic mass is 10.3. The normalized spacial score (nSPS) is 10.6. The first-order valence-corrected chi connectivity index (χ1v) is 5.81. The molecule has 0 aliphatic heterocycles. The fourth-order valence-electron chi connectivity index (χ4n) is 1.38. The molecule has 0 bridgehead atoms. The smallest absolute Gasteiger partial charge is 0.387 e. The van der Waals surface area contributed by atoms with E-state index >= 15 is 0 Å². The fourth-order valence-corrected chi connectivity index (χ4v) is 1.54. The van der Waals surface area contributed by atoms with E-state index < -0.39 is 12.2 Å². The SMILES string of the molecule is O=c1[nH]ncc(NCc2ccc(OC(F)F)cn2)c1Cl. The summed E-state index contributed by atoms with van der Waals surface area (Å²) in [6.45, 7) is -2.64. The Balaban J connectivity index is 2.00.